The maximum atomic E-state index is 9.69. The van der Waals surface area contributed by atoms with Gasteiger partial charge in [0.2, 0.25) is 0 Å². The Morgan fingerprint density at radius 2 is 2.00 bits per heavy atom. The summed E-state index contributed by atoms with van der Waals surface area (Å²) in [4.78, 5) is 0. The standard InChI is InChI=1S/C10H20O2/c1-7(2)8-4-5-10(3,12)9(11)6-8/h7-9,11-12H,4-6H2,1-3H3/t8-,9+,10-/m0/s1. The quantitative estimate of drug-likeness (QED) is 0.630. The molecule has 2 heteroatoms. The molecule has 0 aromatic carbocycles. The minimum Gasteiger partial charge on any atom is -0.390 e. The summed E-state index contributed by atoms with van der Waals surface area (Å²) >= 11 is 0. The molecule has 0 spiro atoms. The Kier molecular flexibility index (Phi) is 2.79. The molecule has 1 aliphatic rings. The lowest BCUT2D eigenvalue weighted by atomic mass is 9.73. The molecule has 0 unspecified atom stereocenters. The van der Waals surface area contributed by atoms with Crippen molar-refractivity contribution < 1.29 is 10.2 Å². The van der Waals surface area contributed by atoms with E-state index in [0.717, 1.165) is 19.3 Å². The van der Waals surface area contributed by atoms with E-state index in [0.29, 0.717) is 11.8 Å². The van der Waals surface area contributed by atoms with Gasteiger partial charge in [-0.25, -0.2) is 0 Å². The van der Waals surface area contributed by atoms with Crippen LogP contribution in [0.4, 0.5) is 0 Å². The van der Waals surface area contributed by atoms with Crippen LogP contribution in [0.3, 0.4) is 0 Å². The Morgan fingerprint density at radius 1 is 1.42 bits per heavy atom. The van der Waals surface area contributed by atoms with Crippen molar-refractivity contribution in [3.63, 3.8) is 0 Å². The Morgan fingerprint density at radius 3 is 2.42 bits per heavy atom. The molecule has 3 atom stereocenters. The van der Waals surface area contributed by atoms with E-state index in [4.69, 9.17) is 0 Å². The van der Waals surface area contributed by atoms with Gasteiger partial charge in [-0.15, -0.1) is 0 Å². The zero-order chi connectivity index (χ0) is 9.35. The topological polar surface area (TPSA) is 40.5 Å². The molecule has 0 radical (unpaired) electrons. The van der Waals surface area contributed by atoms with Gasteiger partial charge in [0.15, 0.2) is 0 Å². The maximum Gasteiger partial charge on any atom is 0.0877 e. The number of aliphatic hydroxyl groups is 2. The third-order valence-corrected chi connectivity index (χ3v) is 3.21. The van der Waals surface area contributed by atoms with Crippen molar-refractivity contribution >= 4 is 0 Å². The number of hydrogen-bond donors (Lipinski definition) is 2. The lowest BCUT2D eigenvalue weighted by Gasteiger charge is -2.39. The van der Waals surface area contributed by atoms with Crippen molar-refractivity contribution in [2.45, 2.75) is 51.7 Å². The van der Waals surface area contributed by atoms with E-state index in [2.05, 4.69) is 13.8 Å². The highest BCUT2D eigenvalue weighted by Gasteiger charge is 2.37. The summed E-state index contributed by atoms with van der Waals surface area (Å²) in [5.41, 5.74) is -0.842. The van der Waals surface area contributed by atoms with Crippen molar-refractivity contribution in [3.05, 3.63) is 0 Å². The molecule has 0 saturated heterocycles. The normalized spacial score (nSPS) is 43.5. The van der Waals surface area contributed by atoms with E-state index in [-0.39, 0.29) is 0 Å². The molecule has 1 aliphatic carbocycles. The highest BCUT2D eigenvalue weighted by atomic mass is 16.3. The van der Waals surface area contributed by atoms with E-state index in [1.165, 1.54) is 0 Å². The van der Waals surface area contributed by atoms with Crippen LogP contribution in [0.1, 0.15) is 40.0 Å². The summed E-state index contributed by atoms with van der Waals surface area (Å²) in [7, 11) is 0. The fraction of sp³-hybridized carbons (Fsp3) is 1.00. The molecule has 0 aliphatic heterocycles. The van der Waals surface area contributed by atoms with Crippen molar-refractivity contribution in [1.82, 2.24) is 0 Å². The average Bonchev–Trinajstić information content (AvgIpc) is 1.94. The largest absolute Gasteiger partial charge is 0.390 e. The van der Waals surface area contributed by atoms with Gasteiger partial charge < -0.3 is 10.2 Å². The molecule has 0 heterocycles. The van der Waals surface area contributed by atoms with Crippen LogP contribution in [0.15, 0.2) is 0 Å². The molecular formula is C10H20O2. The van der Waals surface area contributed by atoms with Gasteiger partial charge in [-0.2, -0.15) is 0 Å². The first-order chi connectivity index (χ1) is 5.43. The summed E-state index contributed by atoms with van der Waals surface area (Å²) in [5, 5.41) is 19.3. The van der Waals surface area contributed by atoms with E-state index in [9.17, 15) is 10.2 Å². The van der Waals surface area contributed by atoms with Crippen LogP contribution in [0.5, 0.6) is 0 Å². The number of aliphatic hydroxyl groups excluding tert-OH is 1. The van der Waals surface area contributed by atoms with E-state index in [1.807, 2.05) is 0 Å². The van der Waals surface area contributed by atoms with Gasteiger partial charge in [-0.05, 0) is 38.0 Å². The molecule has 0 bridgehead atoms. The molecule has 1 saturated carbocycles. The first-order valence-electron chi connectivity index (χ1n) is 4.84. The molecule has 72 valence electrons. The minimum absolute atomic E-state index is 0.529. The molecule has 2 N–H and O–H groups in total. The summed E-state index contributed by atoms with van der Waals surface area (Å²) in [6, 6.07) is 0. The Balaban J connectivity index is 2.52. The molecular weight excluding hydrogens is 152 g/mol. The van der Waals surface area contributed by atoms with Crippen LogP contribution < -0.4 is 0 Å². The SMILES string of the molecule is CC(C)[C@H]1CC[C@](C)(O)[C@H](O)C1. The molecule has 1 fully saturated rings. The lowest BCUT2D eigenvalue weighted by Crippen LogP contribution is -2.45. The summed E-state index contributed by atoms with van der Waals surface area (Å²) in [6.07, 6.45) is 2.00. The predicted molar refractivity (Wildman–Crippen MR) is 48.8 cm³/mol. The summed E-state index contributed by atoms with van der Waals surface area (Å²) in [5.74, 6) is 1.20. The van der Waals surface area contributed by atoms with Crippen molar-refractivity contribution in [1.29, 1.82) is 0 Å². The summed E-state index contributed by atoms with van der Waals surface area (Å²) in [6.45, 7) is 6.09. The fourth-order valence-electron chi connectivity index (χ4n) is 1.91. The second-order valence-corrected chi connectivity index (χ2v) is 4.65. The number of rotatable bonds is 1. The van der Waals surface area contributed by atoms with Gasteiger partial charge in [0.1, 0.15) is 0 Å². The minimum atomic E-state index is -0.842. The van der Waals surface area contributed by atoms with Gasteiger partial charge >= 0.3 is 0 Å². The predicted octanol–water partition coefficient (Wildman–Crippen LogP) is 1.55. The van der Waals surface area contributed by atoms with Gasteiger partial charge in [-0.3, -0.25) is 0 Å². The zero-order valence-electron chi connectivity index (χ0n) is 8.25. The van der Waals surface area contributed by atoms with Crippen LogP contribution in [-0.4, -0.2) is 21.9 Å². The molecule has 0 aromatic rings. The van der Waals surface area contributed by atoms with E-state index >= 15 is 0 Å². The average molecular weight is 172 g/mol. The Hall–Kier alpha value is -0.0800. The van der Waals surface area contributed by atoms with Crippen LogP contribution in [0, 0.1) is 11.8 Å². The molecule has 0 aromatic heterocycles. The maximum absolute atomic E-state index is 9.69. The van der Waals surface area contributed by atoms with Gasteiger partial charge in [-0.1, -0.05) is 13.8 Å². The third-order valence-electron chi connectivity index (χ3n) is 3.21. The fourth-order valence-corrected chi connectivity index (χ4v) is 1.91. The zero-order valence-corrected chi connectivity index (χ0v) is 8.25. The summed E-state index contributed by atoms with van der Waals surface area (Å²) < 4.78 is 0. The van der Waals surface area contributed by atoms with Crippen LogP contribution >= 0.6 is 0 Å². The van der Waals surface area contributed by atoms with Gasteiger partial charge in [0.25, 0.3) is 0 Å². The molecule has 2 nitrogen and oxygen atoms in total. The number of hydrogen-bond acceptors (Lipinski definition) is 2. The smallest absolute Gasteiger partial charge is 0.0877 e. The van der Waals surface area contributed by atoms with Crippen LogP contribution in [0.2, 0.25) is 0 Å². The van der Waals surface area contributed by atoms with Crippen molar-refractivity contribution in [2.24, 2.45) is 11.8 Å². The Labute approximate surface area is 74.6 Å². The second kappa shape index (κ2) is 3.35. The first-order valence-corrected chi connectivity index (χ1v) is 4.84. The van der Waals surface area contributed by atoms with Gasteiger partial charge in [0, 0.05) is 0 Å². The Bertz CT molecular complexity index is 152. The van der Waals surface area contributed by atoms with Crippen LogP contribution in [-0.2, 0) is 0 Å². The van der Waals surface area contributed by atoms with E-state index in [1.54, 1.807) is 6.92 Å². The first kappa shape index (κ1) is 10.0. The van der Waals surface area contributed by atoms with E-state index < -0.39 is 11.7 Å². The third kappa shape index (κ3) is 1.99. The van der Waals surface area contributed by atoms with Crippen molar-refractivity contribution in [2.75, 3.05) is 0 Å². The monoisotopic (exact) mass is 172 g/mol. The van der Waals surface area contributed by atoms with Gasteiger partial charge in [0.05, 0.1) is 11.7 Å². The molecule has 12 heavy (non-hydrogen) atoms. The van der Waals surface area contributed by atoms with Crippen molar-refractivity contribution in [3.8, 4) is 0 Å². The highest BCUT2D eigenvalue weighted by molar-refractivity contribution is 4.89. The molecule has 1 rings (SSSR count). The lowest BCUT2D eigenvalue weighted by molar-refractivity contribution is -0.103. The molecule has 0 amide bonds. The van der Waals surface area contributed by atoms with Crippen LogP contribution in [0.25, 0.3) is 0 Å². The second-order valence-electron chi connectivity index (χ2n) is 4.65. The highest BCUT2D eigenvalue weighted by Crippen LogP contribution is 2.35.